The van der Waals surface area contributed by atoms with Gasteiger partial charge in [0, 0.05) is 18.2 Å². The Balaban J connectivity index is 1.97. The standard InChI is InChI=1S/C22H24N2O4/c1-2-6-19(22(28)23-15-17-7-4-3-5-8-17)24-21(27)18-12-9-16(10-13-18)11-14-20(25)26/h3-5,7-14,19H,2,6,15H2,1H3,(H,23,28)(H,24,27)(H,25,26)/b14-11+. The van der Waals surface area contributed by atoms with E-state index in [1.54, 1.807) is 24.3 Å². The largest absolute Gasteiger partial charge is 0.478 e. The number of amides is 2. The second kappa shape index (κ2) is 10.7. The first kappa shape index (κ1) is 20.9. The van der Waals surface area contributed by atoms with Gasteiger partial charge in [-0.3, -0.25) is 9.59 Å². The van der Waals surface area contributed by atoms with Gasteiger partial charge < -0.3 is 15.7 Å². The lowest BCUT2D eigenvalue weighted by Crippen LogP contribution is -2.46. The van der Waals surface area contributed by atoms with E-state index in [-0.39, 0.29) is 11.8 Å². The van der Waals surface area contributed by atoms with Crippen LogP contribution >= 0.6 is 0 Å². The molecule has 0 aliphatic carbocycles. The van der Waals surface area contributed by atoms with Crippen LogP contribution in [0.1, 0.15) is 41.3 Å². The van der Waals surface area contributed by atoms with Crippen LogP contribution in [0, 0.1) is 0 Å². The third kappa shape index (κ3) is 6.72. The lowest BCUT2D eigenvalue weighted by atomic mass is 10.1. The highest BCUT2D eigenvalue weighted by molar-refractivity contribution is 5.97. The second-order valence-electron chi connectivity index (χ2n) is 6.31. The summed E-state index contributed by atoms with van der Waals surface area (Å²) in [6, 6.07) is 15.5. The van der Waals surface area contributed by atoms with E-state index in [0.717, 1.165) is 18.1 Å². The van der Waals surface area contributed by atoms with Crippen molar-refractivity contribution in [2.24, 2.45) is 0 Å². The Bertz CT molecular complexity index is 829. The summed E-state index contributed by atoms with van der Waals surface area (Å²) in [5, 5.41) is 14.3. The Morgan fingerprint density at radius 1 is 1.04 bits per heavy atom. The van der Waals surface area contributed by atoms with Crippen molar-refractivity contribution in [2.75, 3.05) is 0 Å². The van der Waals surface area contributed by atoms with Crippen molar-refractivity contribution in [3.63, 3.8) is 0 Å². The van der Waals surface area contributed by atoms with Gasteiger partial charge in [0.1, 0.15) is 6.04 Å². The normalized spacial score (nSPS) is 11.8. The first-order chi connectivity index (χ1) is 13.5. The third-order valence-corrected chi connectivity index (χ3v) is 4.10. The van der Waals surface area contributed by atoms with Gasteiger partial charge in [0.2, 0.25) is 5.91 Å². The third-order valence-electron chi connectivity index (χ3n) is 4.10. The molecule has 6 heteroatoms. The molecule has 2 rings (SSSR count). The quantitative estimate of drug-likeness (QED) is 0.583. The SMILES string of the molecule is CCCC(NC(=O)c1ccc(/C=C/C(=O)O)cc1)C(=O)NCc1ccccc1. The van der Waals surface area contributed by atoms with Gasteiger partial charge in [0.05, 0.1) is 0 Å². The molecule has 1 unspecified atom stereocenters. The maximum atomic E-state index is 12.5. The minimum atomic E-state index is -1.04. The van der Waals surface area contributed by atoms with Crippen molar-refractivity contribution in [1.29, 1.82) is 0 Å². The van der Waals surface area contributed by atoms with Crippen molar-refractivity contribution < 1.29 is 19.5 Å². The highest BCUT2D eigenvalue weighted by Crippen LogP contribution is 2.08. The van der Waals surface area contributed by atoms with E-state index in [2.05, 4.69) is 10.6 Å². The fraction of sp³-hybridized carbons (Fsp3) is 0.227. The molecule has 0 aliphatic rings. The van der Waals surface area contributed by atoms with Gasteiger partial charge in [-0.15, -0.1) is 0 Å². The smallest absolute Gasteiger partial charge is 0.328 e. The number of benzene rings is 2. The molecule has 0 saturated carbocycles. The highest BCUT2D eigenvalue weighted by atomic mass is 16.4. The van der Waals surface area contributed by atoms with Gasteiger partial charge >= 0.3 is 5.97 Å². The zero-order valence-electron chi connectivity index (χ0n) is 15.7. The molecule has 6 nitrogen and oxygen atoms in total. The fourth-order valence-electron chi connectivity index (χ4n) is 2.62. The number of rotatable bonds is 9. The van der Waals surface area contributed by atoms with Crippen LogP contribution in [0.5, 0.6) is 0 Å². The minimum Gasteiger partial charge on any atom is -0.478 e. The van der Waals surface area contributed by atoms with E-state index in [1.807, 2.05) is 37.3 Å². The van der Waals surface area contributed by atoms with E-state index in [4.69, 9.17) is 5.11 Å². The number of hydrogen-bond donors (Lipinski definition) is 3. The van der Waals surface area contributed by atoms with Crippen molar-refractivity contribution in [2.45, 2.75) is 32.4 Å². The molecule has 2 aromatic rings. The Morgan fingerprint density at radius 3 is 2.32 bits per heavy atom. The molecule has 0 aliphatic heterocycles. The summed E-state index contributed by atoms with van der Waals surface area (Å²) in [6.07, 6.45) is 3.76. The summed E-state index contributed by atoms with van der Waals surface area (Å²) in [7, 11) is 0. The molecule has 0 radical (unpaired) electrons. The zero-order chi connectivity index (χ0) is 20.4. The van der Waals surface area contributed by atoms with Crippen molar-refractivity contribution in [1.82, 2.24) is 10.6 Å². The van der Waals surface area contributed by atoms with Crippen LogP contribution in [0.3, 0.4) is 0 Å². The molecule has 0 spiro atoms. The van der Waals surface area contributed by atoms with Gasteiger partial charge in [0.15, 0.2) is 0 Å². The van der Waals surface area contributed by atoms with Gasteiger partial charge in [0.25, 0.3) is 5.91 Å². The Hall–Kier alpha value is -3.41. The van der Waals surface area contributed by atoms with E-state index in [9.17, 15) is 14.4 Å². The van der Waals surface area contributed by atoms with Crippen LogP contribution in [-0.2, 0) is 16.1 Å². The van der Waals surface area contributed by atoms with E-state index >= 15 is 0 Å². The molecule has 3 N–H and O–H groups in total. The maximum absolute atomic E-state index is 12.5. The van der Waals surface area contributed by atoms with Crippen LogP contribution in [0.4, 0.5) is 0 Å². The molecule has 0 fully saturated rings. The Kier molecular flexibility index (Phi) is 7.96. The van der Waals surface area contributed by atoms with Crippen molar-refractivity contribution in [3.05, 3.63) is 77.4 Å². The van der Waals surface area contributed by atoms with Crippen molar-refractivity contribution >= 4 is 23.9 Å². The van der Waals surface area contributed by atoms with Crippen LogP contribution in [0.15, 0.2) is 60.7 Å². The summed E-state index contributed by atoms with van der Waals surface area (Å²) < 4.78 is 0. The summed E-state index contributed by atoms with van der Waals surface area (Å²) >= 11 is 0. The topological polar surface area (TPSA) is 95.5 Å². The first-order valence-electron chi connectivity index (χ1n) is 9.13. The number of carboxylic acids is 1. The minimum absolute atomic E-state index is 0.222. The fourth-order valence-corrected chi connectivity index (χ4v) is 2.62. The maximum Gasteiger partial charge on any atom is 0.328 e. The van der Waals surface area contributed by atoms with Crippen LogP contribution in [0.25, 0.3) is 6.08 Å². The number of hydrogen-bond acceptors (Lipinski definition) is 3. The molecule has 2 aromatic carbocycles. The number of carbonyl (C=O) groups excluding carboxylic acids is 2. The molecule has 0 saturated heterocycles. The highest BCUT2D eigenvalue weighted by Gasteiger charge is 2.20. The average molecular weight is 380 g/mol. The average Bonchev–Trinajstić information content (AvgIpc) is 2.71. The van der Waals surface area contributed by atoms with Crippen LogP contribution in [-0.4, -0.2) is 28.9 Å². The second-order valence-corrected chi connectivity index (χ2v) is 6.31. The Labute approximate surface area is 164 Å². The molecule has 146 valence electrons. The molecular formula is C22H24N2O4. The van der Waals surface area contributed by atoms with Crippen LogP contribution in [0.2, 0.25) is 0 Å². The van der Waals surface area contributed by atoms with Crippen molar-refractivity contribution in [3.8, 4) is 0 Å². The molecule has 0 bridgehead atoms. The monoisotopic (exact) mass is 380 g/mol. The van der Waals surface area contributed by atoms with Gasteiger partial charge in [-0.1, -0.05) is 55.8 Å². The molecule has 0 aromatic heterocycles. The predicted molar refractivity (Wildman–Crippen MR) is 108 cm³/mol. The number of nitrogens with one attached hydrogen (secondary N) is 2. The molecular weight excluding hydrogens is 356 g/mol. The Morgan fingerprint density at radius 2 is 1.71 bits per heavy atom. The summed E-state index contributed by atoms with van der Waals surface area (Å²) in [6.45, 7) is 2.35. The lowest BCUT2D eigenvalue weighted by Gasteiger charge is -2.18. The molecule has 2 amide bonds. The zero-order valence-corrected chi connectivity index (χ0v) is 15.7. The summed E-state index contributed by atoms with van der Waals surface area (Å²) in [4.78, 5) is 35.5. The first-order valence-corrected chi connectivity index (χ1v) is 9.13. The van der Waals surface area contributed by atoms with E-state index in [0.29, 0.717) is 24.1 Å². The predicted octanol–water partition coefficient (Wildman–Crippen LogP) is 3.00. The van der Waals surface area contributed by atoms with E-state index in [1.165, 1.54) is 6.08 Å². The van der Waals surface area contributed by atoms with Gasteiger partial charge in [-0.05, 0) is 35.8 Å². The lowest BCUT2D eigenvalue weighted by molar-refractivity contribution is -0.131. The number of carboxylic acid groups (broad SMARTS) is 1. The van der Waals surface area contributed by atoms with Gasteiger partial charge in [-0.25, -0.2) is 4.79 Å². The number of aliphatic carboxylic acids is 1. The summed E-state index contributed by atoms with van der Waals surface area (Å²) in [5.74, 6) is -1.60. The van der Waals surface area contributed by atoms with E-state index < -0.39 is 12.0 Å². The molecule has 28 heavy (non-hydrogen) atoms. The molecule has 0 heterocycles. The van der Waals surface area contributed by atoms with Crippen LogP contribution < -0.4 is 10.6 Å². The molecule has 1 atom stereocenters. The van der Waals surface area contributed by atoms with Gasteiger partial charge in [-0.2, -0.15) is 0 Å². The number of carbonyl (C=O) groups is 3. The summed E-state index contributed by atoms with van der Waals surface area (Å²) in [5.41, 5.74) is 2.07.